The van der Waals surface area contributed by atoms with E-state index in [-0.39, 0.29) is 6.61 Å². The molecule has 3 nitrogen and oxygen atoms in total. The molecule has 1 aromatic carbocycles. The molecule has 0 atom stereocenters. The predicted molar refractivity (Wildman–Crippen MR) is 67.7 cm³/mol. The Labute approximate surface area is 106 Å². The van der Waals surface area contributed by atoms with Gasteiger partial charge in [-0.05, 0) is 18.2 Å². The topological polar surface area (TPSA) is 42.4 Å². The fourth-order valence-corrected chi connectivity index (χ4v) is 2.51. The zero-order chi connectivity index (χ0) is 11.5. The molecule has 2 rings (SSSR count). The van der Waals surface area contributed by atoms with Gasteiger partial charge in [-0.25, -0.2) is 4.98 Å². The van der Waals surface area contributed by atoms with Gasteiger partial charge in [-0.2, -0.15) is 0 Å². The summed E-state index contributed by atoms with van der Waals surface area (Å²) in [6.07, 6.45) is 1.68. The second-order valence-corrected chi connectivity index (χ2v) is 5.17. The van der Waals surface area contributed by atoms with Crippen LogP contribution in [0.2, 0.25) is 0 Å². The van der Waals surface area contributed by atoms with Crippen molar-refractivity contribution in [2.75, 3.05) is 7.11 Å². The van der Waals surface area contributed by atoms with Gasteiger partial charge in [-0.1, -0.05) is 15.9 Å². The Bertz CT molecular complexity index is 498. The van der Waals surface area contributed by atoms with Crippen LogP contribution < -0.4 is 4.74 Å². The molecule has 1 N–H and O–H groups in total. The summed E-state index contributed by atoms with van der Waals surface area (Å²) in [6.45, 7) is 0.0218. The van der Waals surface area contributed by atoms with Crippen LogP contribution in [0.3, 0.4) is 0 Å². The van der Waals surface area contributed by atoms with Crippen LogP contribution in [0.25, 0.3) is 10.6 Å². The van der Waals surface area contributed by atoms with Gasteiger partial charge >= 0.3 is 0 Å². The molecule has 0 spiro atoms. The maximum atomic E-state index is 9.01. The van der Waals surface area contributed by atoms with E-state index < -0.39 is 0 Å². The second kappa shape index (κ2) is 4.95. The van der Waals surface area contributed by atoms with Crippen molar-refractivity contribution in [1.29, 1.82) is 0 Å². The lowest BCUT2D eigenvalue weighted by molar-refractivity contribution is 0.285. The number of aliphatic hydroxyl groups excluding tert-OH is 1. The molecule has 0 unspecified atom stereocenters. The summed E-state index contributed by atoms with van der Waals surface area (Å²) in [5, 5.41) is 9.86. The molecule has 0 fully saturated rings. The van der Waals surface area contributed by atoms with Crippen LogP contribution in [-0.4, -0.2) is 17.2 Å². The lowest BCUT2D eigenvalue weighted by atomic mass is 10.2. The SMILES string of the molecule is COc1ccc(Br)cc1-c1ncc(CO)s1. The summed E-state index contributed by atoms with van der Waals surface area (Å²) in [4.78, 5) is 5.11. The van der Waals surface area contributed by atoms with Crippen LogP contribution in [-0.2, 0) is 6.61 Å². The quantitative estimate of drug-likeness (QED) is 0.947. The molecular formula is C11H10BrNO2S. The van der Waals surface area contributed by atoms with E-state index >= 15 is 0 Å². The van der Waals surface area contributed by atoms with Crippen molar-refractivity contribution in [1.82, 2.24) is 4.98 Å². The van der Waals surface area contributed by atoms with Gasteiger partial charge in [-0.3, -0.25) is 0 Å². The molecule has 5 heteroatoms. The van der Waals surface area contributed by atoms with Gasteiger partial charge in [0.1, 0.15) is 10.8 Å². The number of halogens is 1. The number of thiazole rings is 1. The summed E-state index contributed by atoms with van der Waals surface area (Å²) < 4.78 is 6.26. The number of ether oxygens (including phenoxy) is 1. The second-order valence-electron chi connectivity index (χ2n) is 3.13. The molecule has 84 valence electrons. The molecular weight excluding hydrogens is 290 g/mol. The molecule has 0 radical (unpaired) electrons. The van der Waals surface area contributed by atoms with E-state index in [1.165, 1.54) is 11.3 Å². The summed E-state index contributed by atoms with van der Waals surface area (Å²) in [7, 11) is 1.63. The minimum absolute atomic E-state index is 0.0218. The molecule has 2 aromatic rings. The number of rotatable bonds is 3. The fraction of sp³-hybridized carbons (Fsp3) is 0.182. The molecule has 0 aliphatic carbocycles. The van der Waals surface area contributed by atoms with E-state index in [1.54, 1.807) is 13.3 Å². The lowest BCUT2D eigenvalue weighted by Gasteiger charge is -2.05. The normalized spacial score (nSPS) is 10.4. The number of hydrogen-bond donors (Lipinski definition) is 1. The summed E-state index contributed by atoms with van der Waals surface area (Å²) in [6, 6.07) is 5.77. The summed E-state index contributed by atoms with van der Waals surface area (Å²) >= 11 is 4.88. The first-order chi connectivity index (χ1) is 7.74. The number of benzene rings is 1. The third-order valence-corrected chi connectivity index (χ3v) is 3.61. The summed E-state index contributed by atoms with van der Waals surface area (Å²) in [5.74, 6) is 0.780. The molecule has 0 bridgehead atoms. The number of methoxy groups -OCH3 is 1. The standard InChI is InChI=1S/C11H10BrNO2S/c1-15-10-3-2-7(12)4-9(10)11-13-5-8(6-14)16-11/h2-5,14H,6H2,1H3. The van der Waals surface area contributed by atoms with Crippen molar-refractivity contribution in [3.8, 4) is 16.3 Å². The van der Waals surface area contributed by atoms with Gasteiger partial charge in [0, 0.05) is 10.7 Å². The predicted octanol–water partition coefficient (Wildman–Crippen LogP) is 3.07. The van der Waals surface area contributed by atoms with Crippen LogP contribution in [0.4, 0.5) is 0 Å². The van der Waals surface area contributed by atoms with Crippen molar-refractivity contribution in [3.05, 3.63) is 33.7 Å². The molecule has 1 aromatic heterocycles. The Morgan fingerprint density at radius 2 is 2.31 bits per heavy atom. The molecule has 0 saturated carbocycles. The van der Waals surface area contributed by atoms with Crippen LogP contribution >= 0.6 is 27.3 Å². The molecule has 0 amide bonds. The number of hydrogen-bond acceptors (Lipinski definition) is 4. The van der Waals surface area contributed by atoms with Crippen molar-refractivity contribution in [3.63, 3.8) is 0 Å². The van der Waals surface area contributed by atoms with Gasteiger partial charge < -0.3 is 9.84 Å². The maximum Gasteiger partial charge on any atom is 0.129 e. The van der Waals surface area contributed by atoms with Gasteiger partial charge in [0.2, 0.25) is 0 Å². The van der Waals surface area contributed by atoms with E-state index in [9.17, 15) is 0 Å². The molecule has 16 heavy (non-hydrogen) atoms. The lowest BCUT2D eigenvalue weighted by Crippen LogP contribution is -1.87. The number of aliphatic hydroxyl groups is 1. The van der Waals surface area contributed by atoms with E-state index in [0.717, 1.165) is 25.7 Å². The maximum absolute atomic E-state index is 9.01. The smallest absolute Gasteiger partial charge is 0.129 e. The third kappa shape index (κ3) is 2.26. The molecule has 0 aliphatic rings. The van der Waals surface area contributed by atoms with Crippen molar-refractivity contribution in [2.45, 2.75) is 6.61 Å². The Kier molecular flexibility index (Phi) is 3.58. The van der Waals surface area contributed by atoms with Crippen LogP contribution in [0.5, 0.6) is 5.75 Å². The average Bonchev–Trinajstić information content (AvgIpc) is 2.77. The van der Waals surface area contributed by atoms with E-state index in [0.29, 0.717) is 0 Å². The highest BCUT2D eigenvalue weighted by Crippen LogP contribution is 2.34. The Hall–Kier alpha value is -0.910. The van der Waals surface area contributed by atoms with Gasteiger partial charge in [-0.15, -0.1) is 11.3 Å². The minimum atomic E-state index is 0.0218. The highest BCUT2D eigenvalue weighted by Gasteiger charge is 2.10. The minimum Gasteiger partial charge on any atom is -0.496 e. The first-order valence-electron chi connectivity index (χ1n) is 4.64. The van der Waals surface area contributed by atoms with E-state index in [4.69, 9.17) is 9.84 Å². The van der Waals surface area contributed by atoms with E-state index in [2.05, 4.69) is 20.9 Å². The highest BCUT2D eigenvalue weighted by molar-refractivity contribution is 9.10. The van der Waals surface area contributed by atoms with Gasteiger partial charge in [0.25, 0.3) is 0 Å². The molecule has 1 heterocycles. The van der Waals surface area contributed by atoms with Gasteiger partial charge in [0.05, 0.1) is 24.2 Å². The van der Waals surface area contributed by atoms with Crippen LogP contribution in [0.1, 0.15) is 4.88 Å². The average molecular weight is 300 g/mol. The summed E-state index contributed by atoms with van der Waals surface area (Å²) in [5.41, 5.74) is 0.932. The third-order valence-electron chi connectivity index (χ3n) is 2.10. The van der Waals surface area contributed by atoms with Crippen molar-refractivity contribution >= 4 is 27.3 Å². The zero-order valence-corrected chi connectivity index (χ0v) is 11.0. The van der Waals surface area contributed by atoms with E-state index in [1.807, 2.05) is 18.2 Å². The van der Waals surface area contributed by atoms with Gasteiger partial charge in [0.15, 0.2) is 0 Å². The molecule has 0 saturated heterocycles. The van der Waals surface area contributed by atoms with Crippen LogP contribution in [0, 0.1) is 0 Å². The Morgan fingerprint density at radius 3 is 2.94 bits per heavy atom. The zero-order valence-electron chi connectivity index (χ0n) is 8.61. The van der Waals surface area contributed by atoms with Crippen molar-refractivity contribution in [2.24, 2.45) is 0 Å². The molecule has 0 aliphatic heterocycles. The van der Waals surface area contributed by atoms with Crippen LogP contribution in [0.15, 0.2) is 28.9 Å². The Morgan fingerprint density at radius 1 is 1.50 bits per heavy atom. The Balaban J connectivity index is 2.49. The largest absolute Gasteiger partial charge is 0.496 e. The van der Waals surface area contributed by atoms with Crippen molar-refractivity contribution < 1.29 is 9.84 Å². The first kappa shape index (κ1) is 11.6. The number of nitrogens with zero attached hydrogens (tertiary/aromatic N) is 1. The first-order valence-corrected chi connectivity index (χ1v) is 6.25. The monoisotopic (exact) mass is 299 g/mol. The highest BCUT2D eigenvalue weighted by atomic mass is 79.9. The number of aromatic nitrogens is 1. The fourth-order valence-electron chi connectivity index (χ4n) is 1.35.